The van der Waals surface area contributed by atoms with Gasteiger partial charge >= 0.3 is 0 Å². The molecule has 5 rings (SSSR count). The number of nitrogens with zero attached hydrogens (tertiary/aromatic N) is 5. The molecule has 7 atom stereocenters. The summed E-state index contributed by atoms with van der Waals surface area (Å²) in [6.45, 7) is 13.7. The quantitative estimate of drug-likeness (QED) is 0.303. The molecular formula is C33H36Cl3F2N7O2. The van der Waals surface area contributed by atoms with E-state index in [9.17, 15) is 19.2 Å². The zero-order valence-electron chi connectivity index (χ0n) is 26.6. The summed E-state index contributed by atoms with van der Waals surface area (Å²) in [5.41, 5.74) is 7.09. The van der Waals surface area contributed by atoms with Crippen molar-refractivity contribution in [1.82, 2.24) is 19.8 Å². The third-order valence-electron chi connectivity index (χ3n) is 9.17. The van der Waals surface area contributed by atoms with Crippen LogP contribution in [-0.2, 0) is 4.79 Å². The number of carbonyl (C=O) groups excluding carboxylic acids is 1. The van der Waals surface area contributed by atoms with Crippen molar-refractivity contribution in [1.29, 1.82) is 5.26 Å². The number of rotatable bonds is 5. The molecule has 1 aliphatic carbocycles. The summed E-state index contributed by atoms with van der Waals surface area (Å²) >= 11 is 19.2. The van der Waals surface area contributed by atoms with Gasteiger partial charge in [0.05, 0.1) is 44.5 Å². The van der Waals surface area contributed by atoms with E-state index in [0.29, 0.717) is 11.1 Å². The zero-order valence-corrected chi connectivity index (χ0v) is 28.8. The fourth-order valence-corrected chi connectivity index (χ4v) is 7.84. The molecule has 3 N–H and O–H groups in total. The summed E-state index contributed by atoms with van der Waals surface area (Å²) in [7, 11) is 0. The number of hydrogen-bond donors (Lipinski definition) is 2. The molecule has 0 saturated carbocycles. The van der Waals surface area contributed by atoms with Gasteiger partial charge in [0, 0.05) is 36.6 Å². The van der Waals surface area contributed by atoms with Crippen molar-refractivity contribution in [2.75, 3.05) is 18.0 Å². The van der Waals surface area contributed by atoms with Crippen LogP contribution in [0.2, 0.25) is 5.02 Å². The second-order valence-corrected chi connectivity index (χ2v) is 14.0. The fraction of sp³-hybridized carbons (Fsp3) is 0.455. The minimum Gasteiger partial charge on any atom is -0.382 e. The number of hydrogen-bond acceptors (Lipinski definition) is 7. The number of nitrogens with two attached hydrogens (primary N) is 1. The van der Waals surface area contributed by atoms with E-state index in [0.717, 1.165) is 5.57 Å². The van der Waals surface area contributed by atoms with Crippen molar-refractivity contribution in [3.05, 3.63) is 74.1 Å². The third-order valence-corrected chi connectivity index (χ3v) is 10.4. The normalized spacial score (nSPS) is 28.2. The van der Waals surface area contributed by atoms with E-state index in [1.54, 1.807) is 17.2 Å². The summed E-state index contributed by atoms with van der Waals surface area (Å²) in [5, 5.41) is 12.1. The number of carbonyl (C=O) groups is 1. The zero-order chi connectivity index (χ0) is 34.6. The molecule has 14 heteroatoms. The molecule has 0 aromatic carbocycles. The average molecular weight is 707 g/mol. The van der Waals surface area contributed by atoms with Crippen molar-refractivity contribution < 1.29 is 13.6 Å². The van der Waals surface area contributed by atoms with E-state index in [4.69, 9.17) is 45.5 Å². The number of pyridine rings is 2. The van der Waals surface area contributed by atoms with E-state index in [2.05, 4.69) is 18.0 Å². The van der Waals surface area contributed by atoms with Gasteiger partial charge in [0.25, 0.3) is 5.56 Å². The molecule has 9 nitrogen and oxygen atoms in total. The lowest BCUT2D eigenvalue weighted by Crippen LogP contribution is -2.58. The number of halogens is 5. The fourth-order valence-electron chi connectivity index (χ4n) is 6.98. The first-order valence-electron chi connectivity index (χ1n) is 15.3. The SMILES string of the molecule is C=CC(=O)N1[C@H](C)CN(c2c(C#N)c(=O)n(C3=C(C)C=CNC3C(C)C)c3nc(C4C(F)=C(Cl)[C@@H](F)[C@@H](Cl)[C@H]4N)c(Cl)cc23)C[C@@H]1C. The largest absolute Gasteiger partial charge is 0.382 e. The van der Waals surface area contributed by atoms with E-state index >= 15 is 4.39 Å². The molecule has 0 radical (unpaired) electrons. The number of alkyl halides is 2. The lowest BCUT2D eigenvalue weighted by Gasteiger charge is -2.45. The van der Waals surface area contributed by atoms with Crippen LogP contribution in [-0.4, -0.2) is 69.2 Å². The molecule has 3 aliphatic rings. The number of fused-ring (bicyclic) bond motifs is 1. The number of dihydropyridines is 1. The van der Waals surface area contributed by atoms with Crippen molar-refractivity contribution in [3.63, 3.8) is 0 Å². The van der Waals surface area contributed by atoms with E-state index in [1.807, 2.05) is 39.5 Å². The van der Waals surface area contributed by atoms with Gasteiger partial charge in [-0.3, -0.25) is 14.2 Å². The second-order valence-electron chi connectivity index (χ2n) is 12.6. The third kappa shape index (κ3) is 5.73. The molecule has 47 heavy (non-hydrogen) atoms. The van der Waals surface area contributed by atoms with Crippen LogP contribution in [0.1, 0.15) is 51.8 Å². The van der Waals surface area contributed by atoms with Crippen molar-refractivity contribution in [3.8, 4) is 6.07 Å². The maximum absolute atomic E-state index is 15.7. The topological polar surface area (TPSA) is 120 Å². The highest BCUT2D eigenvalue weighted by Gasteiger charge is 2.45. The molecule has 2 aromatic heterocycles. The molecule has 2 aromatic rings. The summed E-state index contributed by atoms with van der Waals surface area (Å²) in [6.07, 6.45) is 2.82. The molecule has 0 bridgehead atoms. The van der Waals surface area contributed by atoms with Crippen LogP contribution in [0.25, 0.3) is 16.7 Å². The van der Waals surface area contributed by atoms with Crippen LogP contribution in [0.4, 0.5) is 14.5 Å². The standard InChI is InChI=1S/C33H36Cl3F2N7O2/c1-7-21(46)44-16(5)12-43(13-17(44)6)31-18-10-20(34)29(22-25(37)23(35)26(38)24(36)27(22)40)42-32(18)45(33(47)19(31)11-39)30-15(4)8-9-41-28(30)14(2)3/h7-10,14,16-17,22,24,26-28,41H,1,12-13,40H2,2-6H3/t16-,17+,22?,24-,26-,27+,28?/m1/s1. The number of anilines is 1. The van der Waals surface area contributed by atoms with Gasteiger partial charge in [-0.15, -0.1) is 11.6 Å². The maximum Gasteiger partial charge on any atom is 0.276 e. The van der Waals surface area contributed by atoms with Gasteiger partial charge in [0.15, 0.2) is 6.17 Å². The van der Waals surface area contributed by atoms with Gasteiger partial charge in [-0.1, -0.05) is 43.6 Å². The van der Waals surface area contributed by atoms with Crippen LogP contribution in [0.3, 0.4) is 0 Å². The highest BCUT2D eigenvalue weighted by Crippen LogP contribution is 2.45. The van der Waals surface area contributed by atoms with Gasteiger partial charge in [-0.2, -0.15) is 5.26 Å². The molecular weight excluding hydrogens is 671 g/mol. The van der Waals surface area contributed by atoms with Gasteiger partial charge in [-0.05, 0) is 56.7 Å². The molecule has 4 heterocycles. The Morgan fingerprint density at radius 2 is 1.91 bits per heavy atom. The Morgan fingerprint density at radius 1 is 1.28 bits per heavy atom. The molecule has 2 aliphatic heterocycles. The summed E-state index contributed by atoms with van der Waals surface area (Å²) < 4.78 is 31.8. The minimum absolute atomic E-state index is 0.00884. The van der Waals surface area contributed by atoms with Gasteiger partial charge in [0.2, 0.25) is 5.91 Å². The average Bonchev–Trinajstić information content (AvgIpc) is 3.02. The number of allylic oxidation sites excluding steroid dienone is 3. The first kappa shape index (κ1) is 34.9. The Balaban J connectivity index is 1.87. The van der Waals surface area contributed by atoms with Crippen LogP contribution >= 0.6 is 34.8 Å². The van der Waals surface area contributed by atoms with E-state index in [1.165, 1.54) is 16.7 Å². The Labute approximate surface area is 286 Å². The highest BCUT2D eigenvalue weighted by molar-refractivity contribution is 6.33. The van der Waals surface area contributed by atoms with Gasteiger partial charge < -0.3 is 20.9 Å². The Kier molecular flexibility index (Phi) is 9.82. The summed E-state index contributed by atoms with van der Waals surface area (Å²) in [6, 6.07) is 1.37. The molecule has 0 spiro atoms. The predicted octanol–water partition coefficient (Wildman–Crippen LogP) is 5.70. The first-order valence-corrected chi connectivity index (χ1v) is 16.5. The lowest BCUT2D eigenvalue weighted by molar-refractivity contribution is -0.130. The van der Waals surface area contributed by atoms with Crippen molar-refractivity contribution in [2.45, 2.75) is 76.3 Å². The molecule has 1 fully saturated rings. The highest BCUT2D eigenvalue weighted by atomic mass is 35.5. The Hall–Kier alpha value is -3.43. The lowest BCUT2D eigenvalue weighted by atomic mass is 9.85. The monoisotopic (exact) mass is 705 g/mol. The van der Waals surface area contributed by atoms with Gasteiger partial charge in [-0.25, -0.2) is 13.8 Å². The van der Waals surface area contributed by atoms with E-state index < -0.39 is 39.9 Å². The molecule has 1 amide bonds. The molecule has 250 valence electrons. The number of piperazine rings is 1. The second kappa shape index (κ2) is 13.2. The van der Waals surface area contributed by atoms with Gasteiger partial charge in [0.1, 0.15) is 23.1 Å². The van der Waals surface area contributed by atoms with Crippen LogP contribution in [0, 0.1) is 17.2 Å². The molecule has 2 unspecified atom stereocenters. The summed E-state index contributed by atoms with van der Waals surface area (Å²) in [5.74, 6) is -2.70. The maximum atomic E-state index is 15.7. The summed E-state index contributed by atoms with van der Waals surface area (Å²) in [4.78, 5) is 35.7. The number of aromatic nitrogens is 2. The smallest absolute Gasteiger partial charge is 0.276 e. The van der Waals surface area contributed by atoms with Crippen LogP contribution < -0.4 is 21.5 Å². The number of nitrogens with one attached hydrogen (secondary N) is 1. The van der Waals surface area contributed by atoms with Crippen LogP contribution in [0.5, 0.6) is 0 Å². The predicted molar refractivity (Wildman–Crippen MR) is 183 cm³/mol. The minimum atomic E-state index is -2.03. The van der Waals surface area contributed by atoms with E-state index in [-0.39, 0.29) is 70.7 Å². The van der Waals surface area contributed by atoms with Crippen LogP contribution in [0.15, 0.2) is 52.2 Å². The number of nitriles is 1. The molecule has 1 saturated heterocycles. The van der Waals surface area contributed by atoms with Crippen molar-refractivity contribution in [2.24, 2.45) is 11.7 Å². The Bertz CT molecular complexity index is 1840. The number of amides is 1. The first-order chi connectivity index (χ1) is 22.2. The Morgan fingerprint density at radius 3 is 2.49 bits per heavy atom. The van der Waals surface area contributed by atoms with Crippen molar-refractivity contribution >= 4 is 63.1 Å².